The Hall–Kier alpha value is -1.61. The van der Waals surface area contributed by atoms with Gasteiger partial charge >= 0.3 is 0 Å². The van der Waals surface area contributed by atoms with E-state index in [1.54, 1.807) is 0 Å². The largest absolute Gasteiger partial charge is 0.329 e. The first-order valence-corrected chi connectivity index (χ1v) is 7.68. The zero-order chi connectivity index (χ0) is 15.6. The molecule has 0 radical (unpaired) electrons. The molecule has 0 saturated heterocycles. The van der Waals surface area contributed by atoms with Crippen LogP contribution < -0.4 is 5.73 Å². The predicted molar refractivity (Wildman–Crippen MR) is 88.7 cm³/mol. The molecule has 3 nitrogen and oxygen atoms in total. The number of nitrogens with two attached hydrogens (primary N) is 1. The van der Waals surface area contributed by atoms with Crippen LogP contribution in [-0.2, 0) is 5.41 Å². The summed E-state index contributed by atoms with van der Waals surface area (Å²) in [7, 11) is 0. The van der Waals surface area contributed by atoms with Gasteiger partial charge in [0.25, 0.3) is 0 Å². The highest BCUT2D eigenvalue weighted by molar-refractivity contribution is 5.33. The van der Waals surface area contributed by atoms with Crippen molar-refractivity contribution in [2.24, 2.45) is 5.73 Å². The molecular formula is C18H27N3. The van der Waals surface area contributed by atoms with Gasteiger partial charge in [-0.2, -0.15) is 5.10 Å². The van der Waals surface area contributed by atoms with Crippen molar-refractivity contribution in [3.63, 3.8) is 0 Å². The Morgan fingerprint density at radius 2 is 1.67 bits per heavy atom. The van der Waals surface area contributed by atoms with Gasteiger partial charge in [0.15, 0.2) is 0 Å². The van der Waals surface area contributed by atoms with Gasteiger partial charge in [-0.1, -0.05) is 58.9 Å². The Bertz CT molecular complexity index is 573. The highest BCUT2D eigenvalue weighted by Gasteiger charge is 2.21. The number of aromatic amines is 1. The highest BCUT2D eigenvalue weighted by Crippen LogP contribution is 2.27. The Kier molecular flexibility index (Phi) is 4.52. The van der Waals surface area contributed by atoms with Crippen LogP contribution in [0.3, 0.4) is 0 Å². The van der Waals surface area contributed by atoms with Crippen LogP contribution in [0.1, 0.15) is 69.0 Å². The van der Waals surface area contributed by atoms with Gasteiger partial charge in [0.1, 0.15) is 0 Å². The number of nitrogens with zero attached hydrogens (tertiary/aromatic N) is 1. The van der Waals surface area contributed by atoms with E-state index in [9.17, 15) is 0 Å². The molecule has 0 bridgehead atoms. The van der Waals surface area contributed by atoms with E-state index in [0.29, 0.717) is 12.5 Å². The van der Waals surface area contributed by atoms with Crippen LogP contribution in [0.4, 0.5) is 0 Å². The second kappa shape index (κ2) is 6.02. The standard InChI is InChI=1S/C18H27N3/c1-12(2)13-6-8-14(9-7-13)15(11-19)16-10-17(21-20-16)18(3,4)5/h6-10,12,15H,11,19H2,1-5H3,(H,20,21). The molecule has 3 N–H and O–H groups in total. The van der Waals surface area contributed by atoms with Crippen molar-refractivity contribution in [1.82, 2.24) is 10.2 Å². The lowest BCUT2D eigenvalue weighted by molar-refractivity contribution is 0.567. The molecule has 0 aliphatic rings. The number of rotatable bonds is 4. The number of nitrogens with one attached hydrogen (secondary N) is 1. The van der Waals surface area contributed by atoms with Crippen molar-refractivity contribution in [2.45, 2.75) is 51.9 Å². The second-order valence-corrected chi connectivity index (χ2v) is 7.07. The fourth-order valence-electron chi connectivity index (χ4n) is 2.46. The normalized spacial score (nSPS) is 13.7. The Morgan fingerprint density at radius 1 is 1.10 bits per heavy atom. The highest BCUT2D eigenvalue weighted by atomic mass is 15.1. The summed E-state index contributed by atoms with van der Waals surface area (Å²) >= 11 is 0. The monoisotopic (exact) mass is 285 g/mol. The first-order valence-electron chi connectivity index (χ1n) is 7.68. The maximum absolute atomic E-state index is 6.01. The molecule has 1 atom stereocenters. The summed E-state index contributed by atoms with van der Waals surface area (Å²) in [6.45, 7) is 11.5. The van der Waals surface area contributed by atoms with Crippen LogP contribution in [0.5, 0.6) is 0 Å². The average molecular weight is 285 g/mol. The summed E-state index contributed by atoms with van der Waals surface area (Å²) in [4.78, 5) is 0. The molecule has 0 fully saturated rings. The number of benzene rings is 1. The zero-order valence-corrected chi connectivity index (χ0v) is 13.8. The third-order valence-corrected chi connectivity index (χ3v) is 3.98. The average Bonchev–Trinajstić information content (AvgIpc) is 2.90. The Balaban J connectivity index is 2.29. The van der Waals surface area contributed by atoms with Gasteiger partial charge in [-0.25, -0.2) is 0 Å². The molecule has 3 heteroatoms. The molecule has 114 valence electrons. The van der Waals surface area contributed by atoms with Crippen LogP contribution in [0.2, 0.25) is 0 Å². The van der Waals surface area contributed by atoms with Crippen molar-refractivity contribution in [3.8, 4) is 0 Å². The third kappa shape index (κ3) is 3.53. The third-order valence-electron chi connectivity index (χ3n) is 3.98. The lowest BCUT2D eigenvalue weighted by Gasteiger charge is -2.16. The number of H-pyrrole nitrogens is 1. The maximum atomic E-state index is 6.01. The molecule has 0 amide bonds. The topological polar surface area (TPSA) is 54.7 Å². The summed E-state index contributed by atoms with van der Waals surface area (Å²) in [5.74, 6) is 0.727. The number of hydrogen-bond donors (Lipinski definition) is 2. The van der Waals surface area contributed by atoms with E-state index in [4.69, 9.17) is 5.73 Å². The van der Waals surface area contributed by atoms with Crippen molar-refractivity contribution in [1.29, 1.82) is 0 Å². The van der Waals surface area contributed by atoms with Gasteiger partial charge in [-0.3, -0.25) is 5.10 Å². The molecule has 1 aromatic heterocycles. The number of aromatic nitrogens is 2. The fourth-order valence-corrected chi connectivity index (χ4v) is 2.46. The SMILES string of the molecule is CC(C)c1ccc(C(CN)c2cc(C(C)(C)C)n[nH]2)cc1. The van der Waals surface area contributed by atoms with Gasteiger partial charge in [0.2, 0.25) is 0 Å². The molecule has 21 heavy (non-hydrogen) atoms. The number of hydrogen-bond acceptors (Lipinski definition) is 2. The van der Waals surface area contributed by atoms with E-state index in [2.05, 4.69) is 75.1 Å². The molecule has 2 aromatic rings. The Morgan fingerprint density at radius 3 is 2.10 bits per heavy atom. The molecule has 1 heterocycles. The van der Waals surface area contributed by atoms with E-state index < -0.39 is 0 Å². The van der Waals surface area contributed by atoms with Crippen LogP contribution in [0, 0.1) is 0 Å². The van der Waals surface area contributed by atoms with E-state index in [1.807, 2.05) is 0 Å². The van der Waals surface area contributed by atoms with Gasteiger partial charge in [0, 0.05) is 23.6 Å². The van der Waals surface area contributed by atoms with Gasteiger partial charge in [0.05, 0.1) is 5.69 Å². The molecule has 0 aliphatic heterocycles. The molecule has 1 unspecified atom stereocenters. The van der Waals surface area contributed by atoms with Crippen molar-refractivity contribution < 1.29 is 0 Å². The summed E-state index contributed by atoms with van der Waals surface area (Å²) in [5.41, 5.74) is 10.8. The minimum atomic E-state index is 0.0510. The van der Waals surface area contributed by atoms with Gasteiger partial charge in [-0.15, -0.1) is 0 Å². The Labute approximate surface area is 128 Å². The summed E-state index contributed by atoms with van der Waals surface area (Å²) in [5, 5.41) is 7.62. The van der Waals surface area contributed by atoms with E-state index in [-0.39, 0.29) is 11.3 Å². The smallest absolute Gasteiger partial charge is 0.0678 e. The first kappa shape index (κ1) is 15.8. The molecule has 0 spiro atoms. The van der Waals surface area contributed by atoms with Crippen LogP contribution in [0.25, 0.3) is 0 Å². The van der Waals surface area contributed by atoms with Gasteiger partial charge in [-0.05, 0) is 23.1 Å². The summed E-state index contributed by atoms with van der Waals surface area (Å²) < 4.78 is 0. The zero-order valence-electron chi connectivity index (χ0n) is 13.8. The fraction of sp³-hybridized carbons (Fsp3) is 0.500. The summed E-state index contributed by atoms with van der Waals surface area (Å²) in [6.07, 6.45) is 0. The van der Waals surface area contributed by atoms with Crippen molar-refractivity contribution >= 4 is 0 Å². The second-order valence-electron chi connectivity index (χ2n) is 7.07. The molecular weight excluding hydrogens is 258 g/mol. The van der Waals surface area contributed by atoms with Crippen LogP contribution in [0.15, 0.2) is 30.3 Å². The predicted octanol–water partition coefficient (Wildman–Crippen LogP) is 3.92. The minimum Gasteiger partial charge on any atom is -0.329 e. The summed E-state index contributed by atoms with van der Waals surface area (Å²) in [6, 6.07) is 10.9. The van der Waals surface area contributed by atoms with Crippen LogP contribution >= 0.6 is 0 Å². The van der Waals surface area contributed by atoms with E-state index in [1.165, 1.54) is 11.1 Å². The quantitative estimate of drug-likeness (QED) is 0.894. The van der Waals surface area contributed by atoms with Gasteiger partial charge < -0.3 is 5.73 Å². The first-order chi connectivity index (χ1) is 9.82. The van der Waals surface area contributed by atoms with Crippen molar-refractivity contribution in [2.75, 3.05) is 6.54 Å². The molecule has 0 aliphatic carbocycles. The van der Waals surface area contributed by atoms with E-state index in [0.717, 1.165) is 11.4 Å². The lowest BCUT2D eigenvalue weighted by atomic mass is 9.89. The minimum absolute atomic E-state index is 0.0510. The molecule has 2 rings (SSSR count). The van der Waals surface area contributed by atoms with Crippen LogP contribution in [-0.4, -0.2) is 16.7 Å². The van der Waals surface area contributed by atoms with Crippen molar-refractivity contribution in [3.05, 3.63) is 52.8 Å². The molecule has 1 aromatic carbocycles. The van der Waals surface area contributed by atoms with E-state index >= 15 is 0 Å². The maximum Gasteiger partial charge on any atom is 0.0678 e. The molecule has 0 saturated carbocycles. The lowest BCUT2D eigenvalue weighted by Crippen LogP contribution is -2.14.